The van der Waals surface area contributed by atoms with Crippen LogP contribution in [-0.4, -0.2) is 42.4 Å². The number of rotatable bonds is 3. The first-order valence-electron chi connectivity index (χ1n) is 6.47. The van der Waals surface area contributed by atoms with Crippen LogP contribution < -0.4 is 5.32 Å². The molecule has 2 rings (SSSR count). The Labute approximate surface area is 162 Å². The average Bonchev–Trinajstić information content (AvgIpc) is 2.40. The van der Waals surface area contributed by atoms with Crippen LogP contribution >= 0.6 is 56.7 Å². The molecular formula is C13H17Br2Cl2F3N2O. The van der Waals surface area contributed by atoms with Crippen molar-refractivity contribution in [2.75, 3.05) is 26.2 Å². The zero-order valence-corrected chi connectivity index (χ0v) is 16.7. The fraction of sp³-hybridized carbons (Fsp3) is 0.538. The predicted octanol–water partition coefficient (Wildman–Crippen LogP) is 4.66. The van der Waals surface area contributed by atoms with E-state index in [4.69, 9.17) is 0 Å². The molecule has 0 aliphatic carbocycles. The maximum absolute atomic E-state index is 12.9. The largest absolute Gasteiger partial charge is 0.506 e. The molecule has 0 radical (unpaired) electrons. The monoisotopic (exact) mass is 502 g/mol. The van der Waals surface area contributed by atoms with Gasteiger partial charge in [0.05, 0.1) is 10.9 Å². The summed E-state index contributed by atoms with van der Waals surface area (Å²) in [7, 11) is 0. The van der Waals surface area contributed by atoms with Crippen LogP contribution in [0.15, 0.2) is 21.1 Å². The molecule has 0 aromatic heterocycles. The lowest BCUT2D eigenvalue weighted by atomic mass is 10.00. The van der Waals surface area contributed by atoms with Gasteiger partial charge in [0.2, 0.25) is 0 Å². The fourth-order valence-electron chi connectivity index (χ4n) is 2.49. The van der Waals surface area contributed by atoms with Crippen molar-refractivity contribution in [2.45, 2.75) is 18.6 Å². The van der Waals surface area contributed by atoms with Crippen LogP contribution in [0.3, 0.4) is 0 Å². The minimum Gasteiger partial charge on any atom is -0.506 e. The number of nitrogens with zero attached hydrogens (tertiary/aromatic N) is 1. The smallest absolute Gasteiger partial charge is 0.390 e. The third-order valence-corrected chi connectivity index (χ3v) is 4.50. The molecule has 1 heterocycles. The number of hydrogen-bond donors (Lipinski definition) is 2. The van der Waals surface area contributed by atoms with Crippen LogP contribution in [0.25, 0.3) is 0 Å². The maximum Gasteiger partial charge on any atom is 0.390 e. The van der Waals surface area contributed by atoms with E-state index >= 15 is 0 Å². The van der Waals surface area contributed by atoms with E-state index in [-0.39, 0.29) is 36.1 Å². The summed E-state index contributed by atoms with van der Waals surface area (Å²) in [6.45, 7) is 2.32. The molecule has 1 atom stereocenters. The number of halogens is 7. The Morgan fingerprint density at radius 2 is 1.74 bits per heavy atom. The minimum absolute atomic E-state index is 0. The summed E-state index contributed by atoms with van der Waals surface area (Å²) in [5.41, 5.74) is 0.287. The third-order valence-electron chi connectivity index (χ3n) is 3.43. The van der Waals surface area contributed by atoms with Gasteiger partial charge in [-0.2, -0.15) is 13.2 Å². The topological polar surface area (TPSA) is 35.5 Å². The molecule has 0 unspecified atom stereocenters. The summed E-state index contributed by atoms with van der Waals surface area (Å²) in [6.07, 6.45) is -5.28. The lowest BCUT2D eigenvalue weighted by Crippen LogP contribution is -2.46. The molecule has 0 amide bonds. The lowest BCUT2D eigenvalue weighted by Gasteiger charge is -2.36. The molecule has 0 bridgehead atoms. The first-order chi connectivity index (χ1) is 9.78. The van der Waals surface area contributed by atoms with Gasteiger partial charge in [-0.3, -0.25) is 4.90 Å². The van der Waals surface area contributed by atoms with Crippen LogP contribution in [0.2, 0.25) is 0 Å². The number of aromatic hydroxyl groups is 1. The van der Waals surface area contributed by atoms with Crippen molar-refractivity contribution in [3.05, 3.63) is 26.6 Å². The van der Waals surface area contributed by atoms with E-state index in [1.165, 1.54) is 0 Å². The second kappa shape index (κ2) is 9.68. The first-order valence-corrected chi connectivity index (χ1v) is 8.06. The third kappa shape index (κ3) is 6.59. The van der Waals surface area contributed by atoms with Crippen molar-refractivity contribution >= 4 is 56.7 Å². The molecule has 134 valence electrons. The molecule has 0 saturated carbocycles. The van der Waals surface area contributed by atoms with Crippen molar-refractivity contribution in [3.8, 4) is 5.75 Å². The number of phenols is 1. The van der Waals surface area contributed by atoms with Gasteiger partial charge in [-0.1, -0.05) is 15.9 Å². The van der Waals surface area contributed by atoms with Crippen molar-refractivity contribution in [1.29, 1.82) is 0 Å². The zero-order valence-electron chi connectivity index (χ0n) is 11.9. The SMILES string of the molecule is Cl.Cl.Oc1c(Br)cc(Br)cc1[C@@H](CC(F)(F)F)N1CCNCC1. The van der Waals surface area contributed by atoms with Crippen molar-refractivity contribution in [1.82, 2.24) is 10.2 Å². The molecule has 10 heteroatoms. The van der Waals surface area contributed by atoms with Crippen LogP contribution in [0, 0.1) is 0 Å². The number of nitrogens with one attached hydrogen (secondary N) is 1. The number of hydrogen-bond acceptors (Lipinski definition) is 3. The molecular weight excluding hydrogens is 488 g/mol. The highest BCUT2D eigenvalue weighted by Crippen LogP contribution is 2.42. The molecule has 1 fully saturated rings. The predicted molar refractivity (Wildman–Crippen MR) is 95.9 cm³/mol. The quantitative estimate of drug-likeness (QED) is 0.628. The summed E-state index contributed by atoms with van der Waals surface area (Å²) in [5.74, 6) is -0.133. The number of benzene rings is 1. The van der Waals surface area contributed by atoms with E-state index in [1.807, 2.05) is 0 Å². The molecule has 1 aliphatic rings. The minimum atomic E-state index is -4.29. The summed E-state index contributed by atoms with van der Waals surface area (Å²) in [4.78, 5) is 1.76. The van der Waals surface area contributed by atoms with Gasteiger partial charge in [0.15, 0.2) is 0 Å². The van der Waals surface area contributed by atoms with Crippen LogP contribution in [0.5, 0.6) is 5.75 Å². The molecule has 23 heavy (non-hydrogen) atoms. The lowest BCUT2D eigenvalue weighted by molar-refractivity contribution is -0.148. The second-order valence-electron chi connectivity index (χ2n) is 4.95. The Morgan fingerprint density at radius 1 is 1.17 bits per heavy atom. The molecule has 0 spiro atoms. The Balaban J connectivity index is 0.00000242. The Bertz CT molecular complexity index is 515. The van der Waals surface area contributed by atoms with Crippen LogP contribution in [0.1, 0.15) is 18.0 Å². The van der Waals surface area contributed by atoms with E-state index in [0.717, 1.165) is 0 Å². The summed E-state index contributed by atoms with van der Waals surface area (Å²) in [6, 6.07) is 2.28. The summed E-state index contributed by atoms with van der Waals surface area (Å²) in [5, 5.41) is 13.3. The molecule has 1 aromatic rings. The first kappa shape index (κ1) is 23.3. The van der Waals surface area contributed by atoms with E-state index in [9.17, 15) is 18.3 Å². The van der Waals surface area contributed by atoms with Crippen molar-refractivity contribution in [3.63, 3.8) is 0 Å². The Hall–Kier alpha value is 0.270. The van der Waals surface area contributed by atoms with Crippen LogP contribution in [-0.2, 0) is 0 Å². The van der Waals surface area contributed by atoms with E-state index in [2.05, 4.69) is 37.2 Å². The van der Waals surface area contributed by atoms with Gasteiger partial charge in [-0.25, -0.2) is 0 Å². The standard InChI is InChI=1S/C13H15Br2F3N2O.2ClH/c14-8-5-9(12(21)10(15)6-8)11(7-13(16,17)18)20-3-1-19-2-4-20;;/h5-6,11,19,21H,1-4,7H2;2*1H/t11-;;/m1../s1. The number of piperazine rings is 1. The normalized spacial score (nSPS) is 17.1. The summed E-state index contributed by atoms with van der Waals surface area (Å²) < 4.78 is 39.8. The Morgan fingerprint density at radius 3 is 2.26 bits per heavy atom. The highest BCUT2D eigenvalue weighted by Gasteiger charge is 2.37. The molecule has 2 N–H and O–H groups in total. The molecule has 1 aliphatic heterocycles. The average molecular weight is 505 g/mol. The van der Waals surface area contributed by atoms with Gasteiger partial charge in [-0.05, 0) is 28.1 Å². The molecule has 1 aromatic carbocycles. The van der Waals surface area contributed by atoms with E-state index in [1.54, 1.807) is 17.0 Å². The summed E-state index contributed by atoms with van der Waals surface area (Å²) >= 11 is 6.44. The van der Waals surface area contributed by atoms with E-state index in [0.29, 0.717) is 35.1 Å². The second-order valence-corrected chi connectivity index (χ2v) is 6.72. The number of phenolic OH excluding ortho intramolecular Hbond substituents is 1. The van der Waals surface area contributed by atoms with Gasteiger partial charge in [-0.15, -0.1) is 24.8 Å². The Kier molecular flexibility index (Phi) is 9.79. The van der Waals surface area contributed by atoms with Gasteiger partial charge in [0.25, 0.3) is 0 Å². The van der Waals surface area contributed by atoms with Gasteiger partial charge in [0, 0.05) is 42.3 Å². The van der Waals surface area contributed by atoms with Gasteiger partial charge < -0.3 is 10.4 Å². The van der Waals surface area contributed by atoms with Crippen molar-refractivity contribution < 1.29 is 18.3 Å². The zero-order chi connectivity index (χ0) is 15.6. The highest BCUT2D eigenvalue weighted by molar-refractivity contribution is 9.11. The molecule has 3 nitrogen and oxygen atoms in total. The van der Waals surface area contributed by atoms with Gasteiger partial charge >= 0.3 is 6.18 Å². The number of alkyl halides is 3. The van der Waals surface area contributed by atoms with Gasteiger partial charge in [0.1, 0.15) is 5.75 Å². The van der Waals surface area contributed by atoms with Crippen molar-refractivity contribution in [2.24, 2.45) is 0 Å². The van der Waals surface area contributed by atoms with E-state index < -0.39 is 18.6 Å². The van der Waals surface area contributed by atoms with Crippen LogP contribution in [0.4, 0.5) is 13.2 Å². The molecule has 1 saturated heterocycles. The fourth-order valence-corrected chi connectivity index (χ4v) is 3.75. The highest BCUT2D eigenvalue weighted by atomic mass is 79.9. The maximum atomic E-state index is 12.9.